The Kier molecular flexibility index (Phi) is 6.38. The molecule has 0 atom stereocenters. The lowest BCUT2D eigenvalue weighted by molar-refractivity contribution is 0.250. The van der Waals surface area contributed by atoms with E-state index in [-0.39, 0.29) is 16.7 Å². The topological polar surface area (TPSA) is 78.9 Å². The number of rotatable bonds is 5. The maximum absolute atomic E-state index is 14.7. The molecule has 6 nitrogen and oxygen atoms in total. The summed E-state index contributed by atoms with van der Waals surface area (Å²) in [7, 11) is 1.76. The summed E-state index contributed by atoms with van der Waals surface area (Å²) in [4.78, 5) is 21.0. The van der Waals surface area contributed by atoms with Crippen molar-refractivity contribution in [1.82, 2.24) is 15.3 Å². The summed E-state index contributed by atoms with van der Waals surface area (Å²) in [6.45, 7) is 8.39. The maximum atomic E-state index is 14.7. The van der Waals surface area contributed by atoms with Gasteiger partial charge in [-0.2, -0.15) is 0 Å². The average molecular weight is 427 g/mol. The highest BCUT2D eigenvalue weighted by Gasteiger charge is 2.17. The lowest BCUT2D eigenvalue weighted by Crippen LogP contribution is -2.31. The molecule has 3 rings (SSSR count). The molecule has 0 saturated heterocycles. The van der Waals surface area contributed by atoms with Crippen LogP contribution in [0, 0.1) is 24.0 Å². The van der Waals surface area contributed by atoms with Gasteiger partial charge in [-0.25, -0.2) is 18.6 Å². The fourth-order valence-corrected chi connectivity index (χ4v) is 3.14. The Morgan fingerprint density at radius 1 is 1.06 bits per heavy atom. The van der Waals surface area contributed by atoms with Crippen molar-refractivity contribution in [3.63, 3.8) is 0 Å². The molecule has 31 heavy (non-hydrogen) atoms. The summed E-state index contributed by atoms with van der Waals surface area (Å²) in [5.74, 6) is -0.914. The molecule has 2 aromatic heterocycles. The van der Waals surface area contributed by atoms with Gasteiger partial charge >= 0.3 is 6.03 Å². The zero-order chi connectivity index (χ0) is 22.8. The van der Waals surface area contributed by atoms with Crippen LogP contribution in [0.4, 0.5) is 25.1 Å². The summed E-state index contributed by atoms with van der Waals surface area (Å²) < 4.78 is 29.0. The summed E-state index contributed by atoms with van der Waals surface area (Å²) in [6, 6.07) is 5.07. The zero-order valence-electron chi connectivity index (χ0n) is 18.4. The normalized spacial score (nSPS) is 11.5. The Morgan fingerprint density at radius 2 is 1.81 bits per heavy atom. The summed E-state index contributed by atoms with van der Waals surface area (Å²) in [5, 5.41) is 8.84. The van der Waals surface area contributed by atoms with Gasteiger partial charge in [0.2, 0.25) is 0 Å². The lowest BCUT2D eigenvalue weighted by atomic mass is 9.92. The van der Waals surface area contributed by atoms with Gasteiger partial charge in [-0.15, -0.1) is 0 Å². The molecule has 0 aliphatic heterocycles. The Hall–Kier alpha value is -3.29. The number of carbonyl (C=O) groups is 1. The first kappa shape index (κ1) is 22.4. The highest BCUT2D eigenvalue weighted by Crippen LogP contribution is 2.32. The minimum atomic E-state index is -0.848. The van der Waals surface area contributed by atoms with Crippen LogP contribution in [-0.2, 0) is 0 Å². The van der Waals surface area contributed by atoms with Gasteiger partial charge in [0.1, 0.15) is 17.5 Å². The smallest absolute Gasteiger partial charge is 0.319 e. The van der Waals surface area contributed by atoms with Crippen molar-refractivity contribution < 1.29 is 13.6 Å². The maximum Gasteiger partial charge on any atom is 0.319 e. The standard InChI is InChI=1S/C23H27F2N5O/c1-13-15(8-14-12-28-21(26-5)11-19(14)29-13)16-9-20(18(25)10-17(16)24)30-22(31)27-7-6-23(2,3)4/h8-12H,6-7H2,1-5H3,(H,26,28)(H2,27,30,31). The third kappa shape index (κ3) is 5.45. The predicted octanol–water partition coefficient (Wildman–Crippen LogP) is 5.48. The molecule has 0 unspecified atom stereocenters. The van der Waals surface area contributed by atoms with Gasteiger partial charge in [0.05, 0.1) is 11.2 Å². The fourth-order valence-electron chi connectivity index (χ4n) is 3.14. The molecule has 2 amide bonds. The molecule has 8 heteroatoms. The van der Waals surface area contributed by atoms with Gasteiger partial charge in [0.25, 0.3) is 0 Å². The van der Waals surface area contributed by atoms with Crippen LogP contribution in [0.1, 0.15) is 32.9 Å². The summed E-state index contributed by atoms with van der Waals surface area (Å²) in [5.41, 5.74) is 1.89. The number of aromatic nitrogens is 2. The number of nitrogens with zero attached hydrogens (tertiary/aromatic N) is 2. The van der Waals surface area contributed by atoms with E-state index < -0.39 is 17.7 Å². The second kappa shape index (κ2) is 8.83. The van der Waals surface area contributed by atoms with Crippen molar-refractivity contribution in [3.05, 3.63) is 47.8 Å². The van der Waals surface area contributed by atoms with Crippen LogP contribution in [0.2, 0.25) is 0 Å². The first-order valence-corrected chi connectivity index (χ1v) is 10.1. The molecule has 1 aromatic carbocycles. The van der Waals surface area contributed by atoms with E-state index in [4.69, 9.17) is 0 Å². The van der Waals surface area contributed by atoms with Gasteiger partial charge < -0.3 is 16.0 Å². The third-order valence-corrected chi connectivity index (χ3v) is 4.90. The minimum absolute atomic E-state index is 0.0605. The molecular formula is C23H27F2N5O. The number of halogens is 2. The Bertz CT molecular complexity index is 1130. The van der Waals surface area contributed by atoms with Gasteiger partial charge in [-0.1, -0.05) is 20.8 Å². The molecule has 0 spiro atoms. The first-order valence-electron chi connectivity index (χ1n) is 10.1. The number of nitrogens with one attached hydrogen (secondary N) is 3. The third-order valence-electron chi connectivity index (χ3n) is 4.90. The molecule has 0 bridgehead atoms. The SMILES string of the molecule is CNc1cc2nc(C)c(-c3cc(NC(=O)NCCC(C)(C)C)c(F)cc3F)cc2cn1. The molecule has 0 radical (unpaired) electrons. The average Bonchev–Trinajstić information content (AvgIpc) is 2.68. The molecule has 2 heterocycles. The number of benzene rings is 1. The van der Waals surface area contributed by atoms with E-state index in [1.165, 1.54) is 6.07 Å². The molecule has 0 saturated carbocycles. The van der Waals surface area contributed by atoms with Crippen molar-refractivity contribution in [2.45, 2.75) is 34.1 Å². The van der Waals surface area contributed by atoms with E-state index >= 15 is 0 Å². The van der Waals surface area contributed by atoms with E-state index in [9.17, 15) is 13.6 Å². The molecule has 164 valence electrons. The number of anilines is 2. The molecule has 0 aliphatic rings. The van der Waals surface area contributed by atoms with Gasteiger partial charge in [0.15, 0.2) is 0 Å². The van der Waals surface area contributed by atoms with E-state index in [0.717, 1.165) is 17.9 Å². The zero-order valence-corrected chi connectivity index (χ0v) is 18.4. The molecule has 3 N–H and O–H groups in total. The van der Waals surface area contributed by atoms with Crippen molar-refractivity contribution in [2.24, 2.45) is 5.41 Å². The molecular weight excluding hydrogens is 400 g/mol. The molecule has 0 fully saturated rings. The van der Waals surface area contributed by atoms with Gasteiger partial charge in [0, 0.05) is 54.1 Å². The van der Waals surface area contributed by atoms with Crippen molar-refractivity contribution >= 4 is 28.4 Å². The number of hydrogen-bond acceptors (Lipinski definition) is 4. The van der Waals surface area contributed by atoms with Crippen LogP contribution in [0.15, 0.2) is 30.5 Å². The van der Waals surface area contributed by atoms with Crippen LogP contribution in [0.25, 0.3) is 22.0 Å². The number of carbonyl (C=O) groups excluding carboxylic acids is 1. The quantitative estimate of drug-likeness (QED) is 0.504. The van der Waals surface area contributed by atoms with Crippen molar-refractivity contribution in [2.75, 3.05) is 24.2 Å². The van der Waals surface area contributed by atoms with E-state index in [2.05, 4.69) is 46.7 Å². The summed E-state index contributed by atoms with van der Waals surface area (Å²) >= 11 is 0. The second-order valence-electron chi connectivity index (χ2n) is 8.64. The van der Waals surface area contributed by atoms with E-state index in [1.54, 1.807) is 32.3 Å². The fraction of sp³-hybridized carbons (Fsp3) is 0.348. The van der Waals surface area contributed by atoms with Crippen LogP contribution < -0.4 is 16.0 Å². The van der Waals surface area contributed by atoms with E-state index in [0.29, 0.717) is 29.1 Å². The monoisotopic (exact) mass is 427 g/mol. The van der Waals surface area contributed by atoms with Crippen LogP contribution in [-0.4, -0.2) is 29.6 Å². The van der Waals surface area contributed by atoms with Crippen LogP contribution in [0.5, 0.6) is 0 Å². The summed E-state index contributed by atoms with van der Waals surface area (Å²) in [6.07, 6.45) is 2.41. The number of amides is 2. The number of urea groups is 1. The number of fused-ring (bicyclic) bond motifs is 1. The number of hydrogen-bond donors (Lipinski definition) is 3. The Balaban J connectivity index is 1.90. The minimum Gasteiger partial charge on any atom is -0.373 e. The Labute approximate surface area is 180 Å². The van der Waals surface area contributed by atoms with Gasteiger partial charge in [-0.3, -0.25) is 4.98 Å². The van der Waals surface area contributed by atoms with Crippen LogP contribution >= 0.6 is 0 Å². The highest BCUT2D eigenvalue weighted by atomic mass is 19.1. The largest absolute Gasteiger partial charge is 0.373 e. The second-order valence-corrected chi connectivity index (χ2v) is 8.64. The van der Waals surface area contributed by atoms with E-state index in [1.807, 2.05) is 0 Å². The number of aryl methyl sites for hydroxylation is 1. The Morgan fingerprint density at radius 3 is 2.48 bits per heavy atom. The number of pyridine rings is 2. The van der Waals surface area contributed by atoms with Crippen molar-refractivity contribution in [3.8, 4) is 11.1 Å². The first-order chi connectivity index (χ1) is 14.6. The predicted molar refractivity (Wildman–Crippen MR) is 120 cm³/mol. The molecule has 0 aliphatic carbocycles. The highest BCUT2D eigenvalue weighted by molar-refractivity contribution is 5.91. The van der Waals surface area contributed by atoms with Gasteiger partial charge in [-0.05, 0) is 30.9 Å². The lowest BCUT2D eigenvalue weighted by Gasteiger charge is -2.18. The van der Waals surface area contributed by atoms with Crippen LogP contribution in [0.3, 0.4) is 0 Å². The van der Waals surface area contributed by atoms with Crippen molar-refractivity contribution in [1.29, 1.82) is 0 Å². The molecule has 3 aromatic rings.